The summed E-state index contributed by atoms with van der Waals surface area (Å²) in [6.45, 7) is 6.05. The largest absolute Gasteiger partial charge is 0.478 e. The van der Waals surface area contributed by atoms with Crippen molar-refractivity contribution in [2.75, 3.05) is 7.05 Å². The normalized spacial score (nSPS) is 10.9. The molecule has 1 amide bonds. The predicted octanol–water partition coefficient (Wildman–Crippen LogP) is 4.06. The first-order valence-electron chi connectivity index (χ1n) is 7.62. The minimum Gasteiger partial charge on any atom is -0.478 e. The molecule has 0 aliphatic heterocycles. The molecule has 0 saturated heterocycles. The number of carboxylic acid groups (broad SMARTS) is 1. The lowest BCUT2D eigenvalue weighted by atomic mass is 10.2. The maximum absolute atomic E-state index is 12.5. The van der Waals surface area contributed by atoms with Gasteiger partial charge in [0.1, 0.15) is 17.1 Å². The maximum atomic E-state index is 12.5. The Bertz CT molecular complexity index is 734. The van der Waals surface area contributed by atoms with E-state index in [1.165, 1.54) is 11.0 Å². The summed E-state index contributed by atoms with van der Waals surface area (Å²) in [7, 11) is 1.66. The zero-order valence-electron chi connectivity index (χ0n) is 14.2. The third-order valence-electron chi connectivity index (χ3n) is 3.41. The Morgan fingerprint density at radius 1 is 1.25 bits per heavy atom. The zero-order chi connectivity index (χ0) is 17.9. The highest BCUT2D eigenvalue weighted by atomic mass is 32.2. The molecule has 0 spiro atoms. The molecule has 24 heavy (non-hydrogen) atoms. The van der Waals surface area contributed by atoms with Crippen LogP contribution < -0.4 is 0 Å². The minimum absolute atomic E-state index is 0.126. The van der Waals surface area contributed by atoms with Crippen molar-refractivity contribution in [3.05, 3.63) is 53.0 Å². The lowest BCUT2D eigenvalue weighted by Crippen LogP contribution is -2.25. The molecule has 1 aromatic heterocycles. The Morgan fingerprint density at radius 2 is 1.88 bits per heavy atom. The average molecular weight is 347 g/mol. The van der Waals surface area contributed by atoms with Gasteiger partial charge in [-0.2, -0.15) is 0 Å². The van der Waals surface area contributed by atoms with Crippen LogP contribution in [0.4, 0.5) is 0 Å². The van der Waals surface area contributed by atoms with E-state index in [2.05, 4.69) is 13.8 Å². The predicted molar refractivity (Wildman–Crippen MR) is 93.6 cm³/mol. The summed E-state index contributed by atoms with van der Waals surface area (Å²) in [4.78, 5) is 26.1. The Kier molecular flexibility index (Phi) is 5.72. The van der Waals surface area contributed by atoms with Gasteiger partial charge in [0.2, 0.25) is 0 Å². The first-order chi connectivity index (χ1) is 11.3. The summed E-state index contributed by atoms with van der Waals surface area (Å²) < 4.78 is 5.42. The number of amides is 1. The SMILES string of the molecule is Cc1oc(CN(C)C(=O)c2ccc(SC(C)C)cc2)cc1C(=O)O. The maximum Gasteiger partial charge on any atom is 0.339 e. The van der Waals surface area contributed by atoms with Crippen LogP contribution in [-0.4, -0.2) is 34.2 Å². The molecule has 0 atom stereocenters. The Morgan fingerprint density at radius 3 is 2.38 bits per heavy atom. The molecule has 2 aromatic rings. The number of thioether (sulfide) groups is 1. The number of aryl methyl sites for hydroxylation is 1. The molecule has 5 nitrogen and oxygen atoms in total. The molecule has 1 heterocycles. The highest BCUT2D eigenvalue weighted by Gasteiger charge is 2.18. The molecular formula is C18H21NO4S. The van der Waals surface area contributed by atoms with E-state index >= 15 is 0 Å². The van der Waals surface area contributed by atoms with E-state index in [0.29, 0.717) is 22.3 Å². The van der Waals surface area contributed by atoms with Gasteiger partial charge in [0.15, 0.2) is 0 Å². The Labute approximate surface area is 145 Å². The van der Waals surface area contributed by atoms with Gasteiger partial charge in [-0.05, 0) is 37.3 Å². The number of nitrogens with zero attached hydrogens (tertiary/aromatic N) is 1. The lowest BCUT2D eigenvalue weighted by Gasteiger charge is -2.16. The quantitative estimate of drug-likeness (QED) is 0.798. The van der Waals surface area contributed by atoms with Gasteiger partial charge in [-0.1, -0.05) is 13.8 Å². The van der Waals surface area contributed by atoms with Crippen LogP contribution in [0.2, 0.25) is 0 Å². The summed E-state index contributed by atoms with van der Waals surface area (Å²) in [5, 5.41) is 9.53. The van der Waals surface area contributed by atoms with Crippen LogP contribution in [0.1, 0.15) is 46.1 Å². The van der Waals surface area contributed by atoms with E-state index in [-0.39, 0.29) is 18.0 Å². The Hall–Kier alpha value is -2.21. The number of carbonyl (C=O) groups is 2. The van der Waals surface area contributed by atoms with Crippen molar-refractivity contribution >= 4 is 23.6 Å². The first-order valence-corrected chi connectivity index (χ1v) is 8.50. The molecule has 1 aromatic carbocycles. The fourth-order valence-electron chi connectivity index (χ4n) is 2.31. The monoisotopic (exact) mass is 347 g/mol. The van der Waals surface area contributed by atoms with Gasteiger partial charge in [0.25, 0.3) is 5.91 Å². The van der Waals surface area contributed by atoms with Crippen LogP contribution in [0, 0.1) is 6.92 Å². The van der Waals surface area contributed by atoms with Gasteiger partial charge in [0, 0.05) is 22.8 Å². The highest BCUT2D eigenvalue weighted by Crippen LogP contribution is 2.23. The summed E-state index contributed by atoms with van der Waals surface area (Å²) >= 11 is 1.74. The lowest BCUT2D eigenvalue weighted by molar-refractivity contribution is 0.0694. The van der Waals surface area contributed by atoms with E-state index in [9.17, 15) is 9.59 Å². The molecule has 0 radical (unpaired) electrons. The molecule has 2 rings (SSSR count). The van der Waals surface area contributed by atoms with E-state index < -0.39 is 5.97 Å². The number of rotatable bonds is 6. The van der Waals surface area contributed by atoms with Crippen LogP contribution >= 0.6 is 11.8 Å². The molecule has 0 saturated carbocycles. The molecule has 0 aliphatic rings. The van der Waals surface area contributed by atoms with Gasteiger partial charge < -0.3 is 14.4 Å². The van der Waals surface area contributed by atoms with E-state index in [4.69, 9.17) is 9.52 Å². The number of benzene rings is 1. The second kappa shape index (κ2) is 7.57. The van der Waals surface area contributed by atoms with Crippen LogP contribution in [-0.2, 0) is 6.54 Å². The first kappa shape index (κ1) is 18.1. The number of hydrogen-bond acceptors (Lipinski definition) is 4. The molecular weight excluding hydrogens is 326 g/mol. The summed E-state index contributed by atoms with van der Waals surface area (Å²) in [6, 6.07) is 8.94. The fraction of sp³-hybridized carbons (Fsp3) is 0.333. The topological polar surface area (TPSA) is 70.8 Å². The number of carbonyl (C=O) groups excluding carboxylic acids is 1. The summed E-state index contributed by atoms with van der Waals surface area (Å²) in [6.07, 6.45) is 0. The van der Waals surface area contributed by atoms with E-state index in [1.807, 2.05) is 12.1 Å². The molecule has 0 unspecified atom stereocenters. The van der Waals surface area contributed by atoms with Crippen LogP contribution in [0.15, 0.2) is 39.6 Å². The number of carboxylic acids is 1. The molecule has 0 aliphatic carbocycles. The van der Waals surface area contributed by atoms with Crippen LogP contribution in [0.3, 0.4) is 0 Å². The molecule has 0 bridgehead atoms. The third kappa shape index (κ3) is 4.41. The van der Waals surface area contributed by atoms with E-state index in [0.717, 1.165) is 4.90 Å². The van der Waals surface area contributed by atoms with Crippen molar-refractivity contribution in [3.8, 4) is 0 Å². The highest BCUT2D eigenvalue weighted by molar-refractivity contribution is 7.99. The second-order valence-corrected chi connectivity index (χ2v) is 7.49. The van der Waals surface area contributed by atoms with Gasteiger partial charge in [-0.25, -0.2) is 4.79 Å². The number of furan rings is 1. The van der Waals surface area contributed by atoms with Gasteiger partial charge >= 0.3 is 5.97 Å². The van der Waals surface area contributed by atoms with Crippen molar-refractivity contribution in [1.82, 2.24) is 4.90 Å². The summed E-state index contributed by atoms with van der Waals surface area (Å²) in [5.74, 6) is -0.377. The molecule has 1 N–H and O–H groups in total. The number of hydrogen-bond donors (Lipinski definition) is 1. The Balaban J connectivity index is 2.06. The van der Waals surface area contributed by atoms with Crippen molar-refractivity contribution in [3.63, 3.8) is 0 Å². The molecule has 6 heteroatoms. The number of aromatic carboxylic acids is 1. The third-order valence-corrected chi connectivity index (χ3v) is 4.43. The van der Waals surface area contributed by atoms with Gasteiger partial charge in [0.05, 0.1) is 6.54 Å². The fourth-order valence-corrected chi connectivity index (χ4v) is 3.15. The molecule has 128 valence electrons. The zero-order valence-corrected chi connectivity index (χ0v) is 15.0. The smallest absolute Gasteiger partial charge is 0.339 e. The van der Waals surface area contributed by atoms with Crippen LogP contribution in [0.5, 0.6) is 0 Å². The summed E-state index contributed by atoms with van der Waals surface area (Å²) in [5.41, 5.74) is 0.716. The van der Waals surface area contributed by atoms with Crippen molar-refractivity contribution in [2.24, 2.45) is 0 Å². The minimum atomic E-state index is -1.03. The molecule has 0 fully saturated rings. The van der Waals surface area contributed by atoms with Crippen molar-refractivity contribution in [2.45, 2.75) is 37.5 Å². The second-order valence-electron chi connectivity index (χ2n) is 5.84. The van der Waals surface area contributed by atoms with Crippen LogP contribution in [0.25, 0.3) is 0 Å². The van der Waals surface area contributed by atoms with Gasteiger partial charge in [-0.15, -0.1) is 11.8 Å². The van der Waals surface area contributed by atoms with Crippen molar-refractivity contribution < 1.29 is 19.1 Å². The average Bonchev–Trinajstić information content (AvgIpc) is 2.87. The van der Waals surface area contributed by atoms with Gasteiger partial charge in [-0.3, -0.25) is 4.79 Å². The standard InChI is InChI=1S/C18H21NO4S/c1-11(2)24-15-7-5-13(6-8-15)17(20)19(4)10-14-9-16(18(21)22)12(3)23-14/h5-9,11H,10H2,1-4H3,(H,21,22). The van der Waals surface area contributed by atoms with Crippen molar-refractivity contribution in [1.29, 1.82) is 0 Å². The van der Waals surface area contributed by atoms with E-state index in [1.54, 1.807) is 37.9 Å².